The third-order valence-corrected chi connectivity index (χ3v) is 13.6. The Kier molecular flexibility index (Phi) is 49.1. The molecule has 0 aromatic carbocycles. The van der Waals surface area contributed by atoms with Gasteiger partial charge in [0.1, 0.15) is 0 Å². The van der Waals surface area contributed by atoms with Crippen molar-refractivity contribution in [2.45, 2.75) is 302 Å². The Bertz CT molecular complexity index is 984. The molecule has 0 rings (SSSR count). The minimum absolute atomic E-state index is 0.0815. The van der Waals surface area contributed by atoms with Gasteiger partial charge in [0.25, 0.3) is 0 Å². The van der Waals surface area contributed by atoms with Crippen LogP contribution in [0.15, 0.2) is 12.2 Å². The number of rotatable bonds is 52. The lowest BCUT2D eigenvalue weighted by atomic mass is 10.0. The monoisotopic (exact) mass is 899 g/mol. The molecule has 1 amide bonds. The van der Waals surface area contributed by atoms with E-state index in [0.717, 1.165) is 38.5 Å². The summed E-state index contributed by atoms with van der Waals surface area (Å²) in [5.74, 6) is -0.188. The minimum Gasteiger partial charge on any atom is -0.387 e. The van der Waals surface area contributed by atoms with Crippen LogP contribution in [0.4, 0.5) is 0 Å². The number of carbonyl (C=O) groups is 1. The van der Waals surface area contributed by atoms with Crippen LogP contribution in [0.1, 0.15) is 290 Å². The molecule has 0 aliphatic rings. The van der Waals surface area contributed by atoms with Crippen LogP contribution in [-0.4, -0.2) is 47.8 Å². The molecule has 62 heavy (non-hydrogen) atoms. The normalized spacial score (nSPS) is 13.8. The van der Waals surface area contributed by atoms with Gasteiger partial charge in [0.05, 0.1) is 25.4 Å². The molecule has 0 heterocycles. The number of aliphatic hydroxyl groups is 1. The number of aliphatic hydroxyl groups excluding tert-OH is 1. The van der Waals surface area contributed by atoms with Gasteiger partial charge in [-0.05, 0) is 19.3 Å². The highest BCUT2D eigenvalue weighted by Crippen LogP contribution is 2.43. The second kappa shape index (κ2) is 49.7. The van der Waals surface area contributed by atoms with Crippen molar-refractivity contribution in [1.82, 2.24) is 5.32 Å². The van der Waals surface area contributed by atoms with Crippen LogP contribution in [0, 0.1) is 0 Å². The lowest BCUT2D eigenvalue weighted by Crippen LogP contribution is -2.45. The van der Waals surface area contributed by atoms with E-state index < -0.39 is 20.0 Å². The van der Waals surface area contributed by atoms with Crippen molar-refractivity contribution in [1.29, 1.82) is 0 Å². The van der Waals surface area contributed by atoms with Crippen molar-refractivity contribution in [3.05, 3.63) is 12.2 Å². The highest BCUT2D eigenvalue weighted by Gasteiger charge is 2.27. The number of amides is 1. The summed E-state index contributed by atoms with van der Waals surface area (Å²) in [6, 6.07) is -0.855. The number of carbonyl (C=O) groups excluding carboxylic acids is 1. The van der Waals surface area contributed by atoms with E-state index in [2.05, 4.69) is 19.2 Å². The first-order valence-corrected chi connectivity index (χ1v) is 28.8. The average molecular weight is 899 g/mol. The topological polar surface area (TPSA) is 131 Å². The van der Waals surface area contributed by atoms with Crippen LogP contribution < -0.4 is 11.1 Å². The highest BCUT2D eigenvalue weighted by molar-refractivity contribution is 7.47. The molecule has 0 saturated heterocycles. The fourth-order valence-corrected chi connectivity index (χ4v) is 9.25. The predicted octanol–water partition coefficient (Wildman–Crippen LogP) is 16.3. The van der Waals surface area contributed by atoms with Crippen LogP contribution >= 0.6 is 7.82 Å². The summed E-state index contributed by atoms with van der Waals surface area (Å²) in [7, 11) is -4.34. The molecule has 0 radical (unpaired) electrons. The van der Waals surface area contributed by atoms with Gasteiger partial charge in [0, 0.05) is 13.0 Å². The Morgan fingerprint density at radius 2 is 0.823 bits per heavy atom. The van der Waals surface area contributed by atoms with Gasteiger partial charge in [0.15, 0.2) is 0 Å². The van der Waals surface area contributed by atoms with E-state index >= 15 is 0 Å². The zero-order valence-electron chi connectivity index (χ0n) is 41.4. The van der Waals surface area contributed by atoms with Gasteiger partial charge >= 0.3 is 7.82 Å². The lowest BCUT2D eigenvalue weighted by molar-refractivity contribution is -0.123. The number of allylic oxidation sites excluding steroid dienone is 1. The Labute approximate surface area is 385 Å². The maximum absolute atomic E-state index is 12.8. The first-order valence-electron chi connectivity index (χ1n) is 27.3. The molecule has 9 heteroatoms. The first kappa shape index (κ1) is 61.2. The molecule has 5 N–H and O–H groups in total. The van der Waals surface area contributed by atoms with Crippen molar-refractivity contribution in [3.63, 3.8) is 0 Å². The molecule has 3 atom stereocenters. The number of nitrogens with two attached hydrogens (primary N) is 1. The minimum atomic E-state index is -4.34. The van der Waals surface area contributed by atoms with E-state index in [0.29, 0.717) is 6.42 Å². The molecule has 1 unspecified atom stereocenters. The van der Waals surface area contributed by atoms with E-state index in [1.807, 2.05) is 6.08 Å². The van der Waals surface area contributed by atoms with E-state index in [1.165, 1.54) is 231 Å². The molecule has 0 aliphatic carbocycles. The zero-order valence-corrected chi connectivity index (χ0v) is 42.3. The van der Waals surface area contributed by atoms with Crippen LogP contribution in [0.3, 0.4) is 0 Å². The summed E-state index contributed by atoms with van der Waals surface area (Å²) in [5.41, 5.74) is 5.39. The van der Waals surface area contributed by atoms with E-state index in [4.69, 9.17) is 14.8 Å². The number of phosphoric ester groups is 1. The second-order valence-corrected chi connectivity index (χ2v) is 20.3. The molecule has 0 aromatic rings. The summed E-state index contributed by atoms with van der Waals surface area (Å²) in [6.07, 6.45) is 58.8. The summed E-state index contributed by atoms with van der Waals surface area (Å²) in [5, 5.41) is 13.7. The van der Waals surface area contributed by atoms with E-state index in [-0.39, 0.29) is 25.7 Å². The maximum Gasteiger partial charge on any atom is 0.472 e. The summed E-state index contributed by atoms with van der Waals surface area (Å²) < 4.78 is 22.2. The largest absolute Gasteiger partial charge is 0.472 e. The van der Waals surface area contributed by atoms with Crippen molar-refractivity contribution in [3.8, 4) is 0 Å². The van der Waals surface area contributed by atoms with Gasteiger partial charge in [0.2, 0.25) is 5.91 Å². The molecule has 0 spiro atoms. The number of phosphoric acid groups is 1. The van der Waals surface area contributed by atoms with Gasteiger partial charge in [-0.3, -0.25) is 13.8 Å². The molecule has 8 nitrogen and oxygen atoms in total. The Hall–Kier alpha value is -0.760. The predicted molar refractivity (Wildman–Crippen MR) is 268 cm³/mol. The van der Waals surface area contributed by atoms with Crippen LogP contribution in [0.25, 0.3) is 0 Å². The quantitative estimate of drug-likeness (QED) is 0.0272. The van der Waals surface area contributed by atoms with Crippen LogP contribution in [-0.2, 0) is 18.4 Å². The highest BCUT2D eigenvalue weighted by atomic mass is 31.2. The first-order chi connectivity index (χ1) is 30.4. The standard InChI is InChI=1S/C53H107N2O6P/c1-3-5-7-9-11-13-15-17-18-19-20-21-22-23-24-25-26-27-28-29-30-31-32-33-34-35-37-39-41-43-45-47-53(57)55-51(50-61-62(58,59)60-49-48-54)52(56)46-44-42-40-38-36-16-14-12-10-8-6-4-2/h44,46,51-52,56H,3-43,45,47-50,54H2,1-2H3,(H,55,57)(H,58,59)/b46-44+/t51-,52+/m0/s1. The Morgan fingerprint density at radius 1 is 0.516 bits per heavy atom. The van der Waals surface area contributed by atoms with Crippen molar-refractivity contribution >= 4 is 13.7 Å². The third-order valence-electron chi connectivity index (χ3n) is 12.6. The number of hydrogen-bond acceptors (Lipinski definition) is 6. The smallest absolute Gasteiger partial charge is 0.387 e. The molecule has 0 fully saturated rings. The lowest BCUT2D eigenvalue weighted by Gasteiger charge is -2.23. The maximum atomic E-state index is 12.8. The van der Waals surface area contributed by atoms with Gasteiger partial charge in [-0.25, -0.2) is 4.57 Å². The summed E-state index contributed by atoms with van der Waals surface area (Å²) in [4.78, 5) is 22.8. The van der Waals surface area contributed by atoms with Gasteiger partial charge in [-0.1, -0.05) is 276 Å². The Balaban J connectivity index is 3.82. The number of unbranched alkanes of at least 4 members (excludes halogenated alkanes) is 40. The zero-order chi connectivity index (χ0) is 45.3. The molecule has 0 aliphatic heterocycles. The fraction of sp³-hybridized carbons (Fsp3) is 0.943. The fourth-order valence-electron chi connectivity index (χ4n) is 8.49. The molecule has 0 bridgehead atoms. The molecule has 0 saturated carbocycles. The van der Waals surface area contributed by atoms with Crippen molar-refractivity contribution < 1.29 is 28.4 Å². The average Bonchev–Trinajstić information content (AvgIpc) is 3.26. The Morgan fingerprint density at radius 3 is 1.15 bits per heavy atom. The molecular weight excluding hydrogens is 792 g/mol. The number of nitrogens with one attached hydrogen (secondary N) is 1. The molecular formula is C53H107N2O6P. The van der Waals surface area contributed by atoms with Gasteiger partial charge in [-0.15, -0.1) is 0 Å². The summed E-state index contributed by atoms with van der Waals surface area (Å²) in [6.45, 7) is 4.17. The number of hydrogen-bond donors (Lipinski definition) is 4. The second-order valence-electron chi connectivity index (χ2n) is 18.8. The van der Waals surface area contributed by atoms with Gasteiger partial charge in [-0.2, -0.15) is 0 Å². The molecule has 370 valence electrons. The van der Waals surface area contributed by atoms with E-state index in [1.54, 1.807) is 6.08 Å². The summed E-state index contributed by atoms with van der Waals surface area (Å²) >= 11 is 0. The molecule has 0 aromatic heterocycles. The van der Waals surface area contributed by atoms with Crippen molar-refractivity contribution in [2.75, 3.05) is 19.8 Å². The van der Waals surface area contributed by atoms with Crippen LogP contribution in [0.2, 0.25) is 0 Å². The van der Waals surface area contributed by atoms with Crippen LogP contribution in [0.5, 0.6) is 0 Å². The van der Waals surface area contributed by atoms with Crippen molar-refractivity contribution in [2.24, 2.45) is 5.73 Å². The van der Waals surface area contributed by atoms with Gasteiger partial charge < -0.3 is 21.1 Å². The third kappa shape index (κ3) is 47.2. The SMILES string of the molecule is CCCCCCCCCCCC/C=C/[C@@H](O)[C@H](COP(=O)(O)OCCN)NC(=O)CCCCCCCCCCCCCCCCCCCCCCCCCCCCCCCCC. The van der Waals surface area contributed by atoms with E-state index in [9.17, 15) is 19.4 Å².